The first-order chi connectivity index (χ1) is 10.7. The van der Waals surface area contributed by atoms with Crippen LogP contribution in [-0.4, -0.2) is 30.5 Å². The second-order valence-corrected chi connectivity index (χ2v) is 6.24. The van der Waals surface area contributed by atoms with Crippen LogP contribution in [-0.2, 0) is 4.79 Å². The van der Waals surface area contributed by atoms with Crippen molar-refractivity contribution in [3.05, 3.63) is 53.0 Å². The van der Waals surface area contributed by atoms with Gasteiger partial charge >= 0.3 is 0 Å². The normalized spacial score (nSPS) is 14.1. The molecule has 0 aromatic heterocycles. The second-order valence-electron chi connectivity index (χ2n) is 5.39. The van der Waals surface area contributed by atoms with Crippen molar-refractivity contribution in [2.45, 2.75) is 12.8 Å². The van der Waals surface area contributed by atoms with Gasteiger partial charge in [0.15, 0.2) is 6.61 Å². The van der Waals surface area contributed by atoms with Crippen LogP contribution in [0.4, 0.5) is 0 Å². The zero-order valence-electron chi connectivity index (χ0n) is 12.3. The molecule has 0 aliphatic carbocycles. The standard InChI is InChI=1S/C18H18BrNO2/c19-16-12-15(14-6-2-1-3-7-14)8-9-17(16)22-13-18(21)20-10-4-5-11-20/h1-3,6-9,12H,4-5,10-11,13H2. The van der Waals surface area contributed by atoms with Gasteiger partial charge in [0.1, 0.15) is 5.75 Å². The monoisotopic (exact) mass is 359 g/mol. The van der Waals surface area contributed by atoms with Gasteiger partial charge in [0.05, 0.1) is 4.47 Å². The Bertz CT molecular complexity index is 651. The highest BCUT2D eigenvalue weighted by atomic mass is 79.9. The summed E-state index contributed by atoms with van der Waals surface area (Å²) < 4.78 is 6.53. The molecule has 0 spiro atoms. The van der Waals surface area contributed by atoms with Crippen molar-refractivity contribution < 1.29 is 9.53 Å². The van der Waals surface area contributed by atoms with Crippen LogP contribution in [0.15, 0.2) is 53.0 Å². The molecule has 0 atom stereocenters. The maximum Gasteiger partial charge on any atom is 0.260 e. The third-order valence-corrected chi connectivity index (χ3v) is 4.47. The molecule has 1 fully saturated rings. The molecule has 22 heavy (non-hydrogen) atoms. The maximum absolute atomic E-state index is 12.0. The number of ether oxygens (including phenoxy) is 1. The van der Waals surface area contributed by atoms with Crippen molar-refractivity contribution in [2.24, 2.45) is 0 Å². The van der Waals surface area contributed by atoms with Gasteiger partial charge in [-0.05, 0) is 52.0 Å². The summed E-state index contributed by atoms with van der Waals surface area (Å²) in [5.74, 6) is 0.767. The molecular weight excluding hydrogens is 342 g/mol. The van der Waals surface area contributed by atoms with Gasteiger partial charge in [-0.1, -0.05) is 36.4 Å². The second kappa shape index (κ2) is 6.97. The molecule has 114 valence electrons. The number of halogens is 1. The molecule has 1 amide bonds. The number of carbonyl (C=O) groups is 1. The fourth-order valence-electron chi connectivity index (χ4n) is 2.63. The minimum Gasteiger partial charge on any atom is -0.483 e. The highest BCUT2D eigenvalue weighted by molar-refractivity contribution is 9.10. The molecular formula is C18H18BrNO2. The smallest absolute Gasteiger partial charge is 0.260 e. The lowest BCUT2D eigenvalue weighted by atomic mass is 10.1. The van der Waals surface area contributed by atoms with Crippen LogP contribution >= 0.6 is 15.9 Å². The van der Waals surface area contributed by atoms with Gasteiger partial charge in [-0.2, -0.15) is 0 Å². The van der Waals surface area contributed by atoms with Crippen molar-refractivity contribution >= 4 is 21.8 Å². The summed E-state index contributed by atoms with van der Waals surface area (Å²) in [6.45, 7) is 1.82. The largest absolute Gasteiger partial charge is 0.483 e. The summed E-state index contributed by atoms with van der Waals surface area (Å²) in [7, 11) is 0. The summed E-state index contributed by atoms with van der Waals surface area (Å²) in [6, 6.07) is 16.1. The van der Waals surface area contributed by atoms with E-state index in [9.17, 15) is 4.79 Å². The lowest BCUT2D eigenvalue weighted by Gasteiger charge is -2.16. The first kappa shape index (κ1) is 15.1. The van der Waals surface area contributed by atoms with Crippen LogP contribution < -0.4 is 4.74 Å². The Hall–Kier alpha value is -1.81. The molecule has 1 aliphatic rings. The van der Waals surface area contributed by atoms with Crippen molar-refractivity contribution in [1.29, 1.82) is 0 Å². The number of carbonyl (C=O) groups excluding carboxylic acids is 1. The molecule has 0 saturated carbocycles. The number of benzene rings is 2. The summed E-state index contributed by atoms with van der Waals surface area (Å²) in [4.78, 5) is 13.9. The average molecular weight is 360 g/mol. The van der Waals surface area contributed by atoms with E-state index in [0.717, 1.165) is 41.5 Å². The highest BCUT2D eigenvalue weighted by Crippen LogP contribution is 2.30. The molecule has 1 heterocycles. The van der Waals surface area contributed by atoms with Crippen molar-refractivity contribution in [2.75, 3.05) is 19.7 Å². The molecule has 2 aromatic rings. The van der Waals surface area contributed by atoms with E-state index in [1.54, 1.807) is 0 Å². The Labute approximate surface area is 139 Å². The average Bonchev–Trinajstić information content (AvgIpc) is 3.09. The van der Waals surface area contributed by atoms with Gasteiger partial charge in [-0.15, -0.1) is 0 Å². The number of hydrogen-bond acceptors (Lipinski definition) is 2. The molecule has 1 saturated heterocycles. The lowest BCUT2D eigenvalue weighted by Crippen LogP contribution is -2.32. The zero-order chi connectivity index (χ0) is 15.4. The van der Waals surface area contributed by atoms with Gasteiger partial charge in [0.2, 0.25) is 0 Å². The first-order valence-electron chi connectivity index (χ1n) is 7.49. The Morgan fingerprint density at radius 1 is 1.05 bits per heavy atom. The van der Waals surface area contributed by atoms with Crippen molar-refractivity contribution in [3.8, 4) is 16.9 Å². The quantitative estimate of drug-likeness (QED) is 0.821. The number of amides is 1. The summed E-state index contributed by atoms with van der Waals surface area (Å²) in [5.41, 5.74) is 2.27. The Kier molecular flexibility index (Phi) is 4.78. The van der Waals surface area contributed by atoms with E-state index in [4.69, 9.17) is 4.74 Å². The van der Waals surface area contributed by atoms with Crippen LogP contribution in [0.1, 0.15) is 12.8 Å². The molecule has 2 aromatic carbocycles. The van der Waals surface area contributed by atoms with Crippen LogP contribution in [0.25, 0.3) is 11.1 Å². The molecule has 0 radical (unpaired) electrons. The van der Waals surface area contributed by atoms with E-state index in [0.29, 0.717) is 5.75 Å². The fourth-order valence-corrected chi connectivity index (χ4v) is 3.12. The van der Waals surface area contributed by atoms with E-state index in [-0.39, 0.29) is 12.5 Å². The number of likely N-dealkylation sites (tertiary alicyclic amines) is 1. The Balaban J connectivity index is 1.66. The van der Waals surface area contributed by atoms with E-state index in [1.807, 2.05) is 41.3 Å². The first-order valence-corrected chi connectivity index (χ1v) is 8.29. The fraction of sp³-hybridized carbons (Fsp3) is 0.278. The molecule has 0 unspecified atom stereocenters. The van der Waals surface area contributed by atoms with E-state index >= 15 is 0 Å². The topological polar surface area (TPSA) is 29.5 Å². The third kappa shape index (κ3) is 3.50. The van der Waals surface area contributed by atoms with E-state index < -0.39 is 0 Å². The van der Waals surface area contributed by atoms with E-state index in [1.165, 1.54) is 0 Å². The lowest BCUT2D eigenvalue weighted by molar-refractivity contribution is -0.132. The predicted octanol–water partition coefficient (Wildman–Crippen LogP) is 4.12. The van der Waals surface area contributed by atoms with Gasteiger partial charge in [0.25, 0.3) is 5.91 Å². The molecule has 3 rings (SSSR count). The summed E-state index contributed by atoms with van der Waals surface area (Å²) in [6.07, 6.45) is 2.20. The Morgan fingerprint density at radius 2 is 1.77 bits per heavy atom. The summed E-state index contributed by atoms with van der Waals surface area (Å²) >= 11 is 3.53. The zero-order valence-corrected chi connectivity index (χ0v) is 13.9. The van der Waals surface area contributed by atoms with Gasteiger partial charge in [0, 0.05) is 13.1 Å². The predicted molar refractivity (Wildman–Crippen MR) is 90.9 cm³/mol. The van der Waals surface area contributed by atoms with E-state index in [2.05, 4.69) is 28.1 Å². The maximum atomic E-state index is 12.0. The number of hydrogen-bond donors (Lipinski definition) is 0. The minimum atomic E-state index is 0.0662. The van der Waals surface area contributed by atoms with Crippen molar-refractivity contribution in [1.82, 2.24) is 4.90 Å². The van der Waals surface area contributed by atoms with Crippen LogP contribution in [0.5, 0.6) is 5.75 Å². The van der Waals surface area contributed by atoms with Crippen molar-refractivity contribution in [3.63, 3.8) is 0 Å². The number of nitrogens with zero attached hydrogens (tertiary/aromatic N) is 1. The summed E-state index contributed by atoms with van der Waals surface area (Å²) in [5, 5.41) is 0. The third-order valence-electron chi connectivity index (χ3n) is 3.85. The molecule has 0 bridgehead atoms. The van der Waals surface area contributed by atoms with Crippen LogP contribution in [0, 0.1) is 0 Å². The van der Waals surface area contributed by atoms with Gasteiger partial charge in [-0.25, -0.2) is 0 Å². The molecule has 4 heteroatoms. The molecule has 3 nitrogen and oxygen atoms in total. The van der Waals surface area contributed by atoms with Crippen LogP contribution in [0.3, 0.4) is 0 Å². The van der Waals surface area contributed by atoms with Gasteiger partial charge < -0.3 is 9.64 Å². The molecule has 0 N–H and O–H groups in total. The SMILES string of the molecule is O=C(COc1ccc(-c2ccccc2)cc1Br)N1CCCC1. The number of rotatable bonds is 4. The Morgan fingerprint density at radius 3 is 2.45 bits per heavy atom. The minimum absolute atomic E-state index is 0.0662. The van der Waals surface area contributed by atoms with Gasteiger partial charge in [-0.3, -0.25) is 4.79 Å². The van der Waals surface area contributed by atoms with Crippen LogP contribution in [0.2, 0.25) is 0 Å². The highest BCUT2D eigenvalue weighted by Gasteiger charge is 2.18. The molecule has 1 aliphatic heterocycles.